The number of carbonyl (C=O) groups excluding carboxylic acids is 2. The van der Waals surface area contributed by atoms with Gasteiger partial charge in [0.15, 0.2) is 0 Å². The highest BCUT2D eigenvalue weighted by atomic mass is 16.2. The van der Waals surface area contributed by atoms with Gasteiger partial charge in [-0.25, -0.2) is 0 Å². The molecule has 2 N–H and O–H groups in total. The van der Waals surface area contributed by atoms with Crippen LogP contribution in [0.1, 0.15) is 28.8 Å². The molecule has 1 fully saturated rings. The molecular formula is C14H16N2O2. The van der Waals surface area contributed by atoms with Crippen LogP contribution in [0.5, 0.6) is 0 Å². The van der Waals surface area contributed by atoms with Crippen molar-refractivity contribution >= 4 is 17.5 Å². The van der Waals surface area contributed by atoms with E-state index in [0.29, 0.717) is 17.3 Å². The Morgan fingerprint density at radius 2 is 2.11 bits per heavy atom. The summed E-state index contributed by atoms with van der Waals surface area (Å²) in [4.78, 5) is 23.1. The van der Waals surface area contributed by atoms with Gasteiger partial charge in [-0.1, -0.05) is 12.6 Å². The summed E-state index contributed by atoms with van der Waals surface area (Å²) in [5, 5.41) is 5.60. The van der Waals surface area contributed by atoms with E-state index in [0.717, 1.165) is 18.4 Å². The van der Waals surface area contributed by atoms with Gasteiger partial charge in [0.1, 0.15) is 0 Å². The molecule has 2 rings (SSSR count). The van der Waals surface area contributed by atoms with E-state index in [1.165, 1.54) is 6.08 Å². The zero-order valence-corrected chi connectivity index (χ0v) is 10.3. The summed E-state index contributed by atoms with van der Waals surface area (Å²) >= 11 is 0. The molecule has 18 heavy (non-hydrogen) atoms. The Morgan fingerprint density at radius 1 is 1.39 bits per heavy atom. The fraction of sp³-hybridized carbons (Fsp3) is 0.286. The van der Waals surface area contributed by atoms with Gasteiger partial charge < -0.3 is 10.6 Å². The third-order valence-corrected chi connectivity index (χ3v) is 2.86. The lowest BCUT2D eigenvalue weighted by molar-refractivity contribution is -0.111. The lowest BCUT2D eigenvalue weighted by Gasteiger charge is -2.09. The Hall–Kier alpha value is -2.10. The number of benzene rings is 1. The Balaban J connectivity index is 2.16. The van der Waals surface area contributed by atoms with E-state index in [1.807, 2.05) is 13.0 Å². The number of rotatable bonds is 4. The maximum atomic E-state index is 11.9. The van der Waals surface area contributed by atoms with E-state index in [4.69, 9.17) is 0 Å². The van der Waals surface area contributed by atoms with Crippen molar-refractivity contribution in [2.75, 3.05) is 5.32 Å². The van der Waals surface area contributed by atoms with Gasteiger partial charge in [0.25, 0.3) is 5.91 Å². The van der Waals surface area contributed by atoms with Crippen LogP contribution in [0.25, 0.3) is 0 Å². The van der Waals surface area contributed by atoms with Crippen LogP contribution in [0.3, 0.4) is 0 Å². The molecule has 1 aromatic rings. The van der Waals surface area contributed by atoms with Gasteiger partial charge in [0.2, 0.25) is 5.91 Å². The summed E-state index contributed by atoms with van der Waals surface area (Å²) in [6.45, 7) is 5.28. The predicted molar refractivity (Wildman–Crippen MR) is 70.5 cm³/mol. The lowest BCUT2D eigenvalue weighted by Crippen LogP contribution is -2.25. The Kier molecular flexibility index (Phi) is 3.46. The molecule has 1 aromatic carbocycles. The molecule has 2 amide bonds. The molecule has 94 valence electrons. The van der Waals surface area contributed by atoms with E-state index in [-0.39, 0.29) is 11.8 Å². The van der Waals surface area contributed by atoms with Crippen LogP contribution >= 0.6 is 0 Å². The number of aryl methyl sites for hydroxylation is 1. The molecule has 1 saturated carbocycles. The summed E-state index contributed by atoms with van der Waals surface area (Å²) in [5.74, 6) is -0.371. The van der Waals surface area contributed by atoms with Gasteiger partial charge in [0.05, 0.1) is 0 Å². The molecule has 1 aliphatic carbocycles. The van der Waals surface area contributed by atoms with Gasteiger partial charge >= 0.3 is 0 Å². The zero-order chi connectivity index (χ0) is 13.1. The summed E-state index contributed by atoms with van der Waals surface area (Å²) < 4.78 is 0. The molecule has 0 radical (unpaired) electrons. The third kappa shape index (κ3) is 2.97. The predicted octanol–water partition coefficient (Wildman–Crippen LogP) is 2.01. The van der Waals surface area contributed by atoms with Crippen LogP contribution in [0, 0.1) is 6.92 Å². The Bertz CT molecular complexity index is 505. The van der Waals surface area contributed by atoms with Crippen LogP contribution < -0.4 is 10.6 Å². The summed E-state index contributed by atoms with van der Waals surface area (Å²) in [5.41, 5.74) is 2.11. The second-order valence-corrected chi connectivity index (χ2v) is 4.47. The van der Waals surface area contributed by atoms with E-state index >= 15 is 0 Å². The number of carbonyl (C=O) groups is 2. The highest BCUT2D eigenvalue weighted by Gasteiger charge is 2.23. The average Bonchev–Trinajstić information content (AvgIpc) is 3.15. The molecule has 0 heterocycles. The maximum Gasteiger partial charge on any atom is 0.251 e. The van der Waals surface area contributed by atoms with Crippen molar-refractivity contribution in [3.63, 3.8) is 0 Å². The topological polar surface area (TPSA) is 58.2 Å². The first-order chi connectivity index (χ1) is 8.60. The molecule has 0 aliphatic heterocycles. The van der Waals surface area contributed by atoms with Gasteiger partial charge in [0, 0.05) is 17.3 Å². The van der Waals surface area contributed by atoms with Crippen LogP contribution in [-0.2, 0) is 4.79 Å². The SMILES string of the molecule is C=CC(=O)Nc1cc(C(=O)NC2CC2)ccc1C. The molecular weight excluding hydrogens is 228 g/mol. The number of hydrogen-bond donors (Lipinski definition) is 2. The largest absolute Gasteiger partial charge is 0.349 e. The molecule has 1 aliphatic rings. The summed E-state index contributed by atoms with van der Waals surface area (Å²) in [7, 11) is 0. The zero-order valence-electron chi connectivity index (χ0n) is 10.3. The normalized spacial score (nSPS) is 13.8. The molecule has 0 saturated heterocycles. The molecule has 0 bridgehead atoms. The molecule has 4 nitrogen and oxygen atoms in total. The summed E-state index contributed by atoms with van der Waals surface area (Å²) in [6, 6.07) is 5.59. The van der Waals surface area contributed by atoms with Crippen molar-refractivity contribution in [2.45, 2.75) is 25.8 Å². The van der Waals surface area contributed by atoms with Gasteiger partial charge in [-0.2, -0.15) is 0 Å². The lowest BCUT2D eigenvalue weighted by atomic mass is 10.1. The first kappa shape index (κ1) is 12.4. The molecule has 4 heteroatoms. The molecule has 0 atom stereocenters. The Labute approximate surface area is 106 Å². The number of hydrogen-bond acceptors (Lipinski definition) is 2. The second kappa shape index (κ2) is 5.04. The van der Waals surface area contributed by atoms with Gasteiger partial charge in [-0.05, 0) is 43.5 Å². The second-order valence-electron chi connectivity index (χ2n) is 4.47. The van der Waals surface area contributed by atoms with Crippen molar-refractivity contribution in [1.29, 1.82) is 0 Å². The monoisotopic (exact) mass is 244 g/mol. The van der Waals surface area contributed by atoms with Crippen LogP contribution in [0.4, 0.5) is 5.69 Å². The number of nitrogens with one attached hydrogen (secondary N) is 2. The van der Waals surface area contributed by atoms with Crippen LogP contribution in [-0.4, -0.2) is 17.9 Å². The van der Waals surface area contributed by atoms with Crippen LogP contribution in [0.15, 0.2) is 30.9 Å². The van der Waals surface area contributed by atoms with Crippen LogP contribution in [0.2, 0.25) is 0 Å². The smallest absolute Gasteiger partial charge is 0.251 e. The van der Waals surface area contributed by atoms with E-state index < -0.39 is 0 Å². The third-order valence-electron chi connectivity index (χ3n) is 2.86. The minimum atomic E-state index is -0.280. The fourth-order valence-corrected chi connectivity index (χ4v) is 1.58. The molecule has 0 aromatic heterocycles. The number of anilines is 1. The van der Waals surface area contributed by atoms with Crippen molar-refractivity contribution in [3.05, 3.63) is 42.0 Å². The minimum absolute atomic E-state index is 0.0911. The Morgan fingerprint density at radius 3 is 2.72 bits per heavy atom. The molecule has 0 spiro atoms. The quantitative estimate of drug-likeness (QED) is 0.796. The minimum Gasteiger partial charge on any atom is -0.349 e. The first-order valence-electron chi connectivity index (χ1n) is 5.95. The van der Waals surface area contributed by atoms with Gasteiger partial charge in [-0.3, -0.25) is 9.59 Å². The van der Waals surface area contributed by atoms with Crippen molar-refractivity contribution < 1.29 is 9.59 Å². The first-order valence-corrected chi connectivity index (χ1v) is 5.95. The van der Waals surface area contributed by atoms with Gasteiger partial charge in [-0.15, -0.1) is 0 Å². The highest BCUT2D eigenvalue weighted by Crippen LogP contribution is 2.21. The van der Waals surface area contributed by atoms with Crippen molar-refractivity contribution in [3.8, 4) is 0 Å². The van der Waals surface area contributed by atoms with Crippen molar-refractivity contribution in [1.82, 2.24) is 5.32 Å². The average molecular weight is 244 g/mol. The fourth-order valence-electron chi connectivity index (χ4n) is 1.58. The molecule has 0 unspecified atom stereocenters. The number of amides is 2. The van der Waals surface area contributed by atoms with E-state index in [1.54, 1.807) is 12.1 Å². The van der Waals surface area contributed by atoms with Crippen molar-refractivity contribution in [2.24, 2.45) is 0 Å². The standard InChI is InChI=1S/C14H16N2O2/c1-3-13(17)16-12-8-10(5-4-9(12)2)14(18)15-11-6-7-11/h3-5,8,11H,1,6-7H2,2H3,(H,15,18)(H,16,17). The maximum absolute atomic E-state index is 11.9. The highest BCUT2D eigenvalue weighted by molar-refractivity contribution is 6.01. The summed E-state index contributed by atoms with van der Waals surface area (Å²) in [6.07, 6.45) is 3.31. The van der Waals surface area contributed by atoms with E-state index in [9.17, 15) is 9.59 Å². The van der Waals surface area contributed by atoms with E-state index in [2.05, 4.69) is 17.2 Å².